The second-order valence-corrected chi connectivity index (χ2v) is 4.44. The molecule has 0 aliphatic heterocycles. The van der Waals surface area contributed by atoms with E-state index < -0.39 is 16.0 Å². The first-order valence-corrected chi connectivity index (χ1v) is 5.87. The van der Waals surface area contributed by atoms with Crippen molar-refractivity contribution in [3.8, 4) is 0 Å². The van der Waals surface area contributed by atoms with Gasteiger partial charge in [-0.3, -0.25) is 4.55 Å². The van der Waals surface area contributed by atoms with Crippen LogP contribution >= 0.6 is 0 Å². The minimum absolute atomic E-state index is 0.562. The zero-order valence-corrected chi connectivity index (χ0v) is 9.23. The van der Waals surface area contributed by atoms with Crippen LogP contribution in [0.15, 0.2) is 0 Å². The Kier molecular flexibility index (Phi) is 4.88. The Morgan fingerprint density at radius 1 is 1.38 bits per heavy atom. The average Bonchev–Trinajstić information content (AvgIpc) is 1.98. The fourth-order valence-electron chi connectivity index (χ4n) is 1.08. The lowest BCUT2D eigenvalue weighted by Gasteiger charge is -2.25. The lowest BCUT2D eigenvalue weighted by molar-refractivity contribution is 0.0656. The molecule has 0 aromatic carbocycles. The van der Waals surface area contributed by atoms with Crippen LogP contribution < -0.4 is 0 Å². The van der Waals surface area contributed by atoms with Crippen molar-refractivity contribution in [1.82, 2.24) is 0 Å². The third-order valence-electron chi connectivity index (χ3n) is 2.11. The average molecular weight is 210 g/mol. The van der Waals surface area contributed by atoms with Crippen molar-refractivity contribution >= 4 is 10.4 Å². The van der Waals surface area contributed by atoms with E-state index in [4.69, 9.17) is 4.55 Å². The highest BCUT2D eigenvalue weighted by molar-refractivity contribution is 7.80. The summed E-state index contributed by atoms with van der Waals surface area (Å²) >= 11 is 0. The summed E-state index contributed by atoms with van der Waals surface area (Å²) in [7, 11) is -4.32. The summed E-state index contributed by atoms with van der Waals surface area (Å²) in [6, 6.07) is 0. The number of rotatable bonds is 6. The highest BCUT2D eigenvalue weighted by Gasteiger charge is 2.28. The van der Waals surface area contributed by atoms with Crippen molar-refractivity contribution in [2.24, 2.45) is 0 Å². The smallest absolute Gasteiger partial charge is 0.264 e. The maximum Gasteiger partial charge on any atom is 0.397 e. The van der Waals surface area contributed by atoms with E-state index in [0.717, 1.165) is 12.8 Å². The van der Waals surface area contributed by atoms with Gasteiger partial charge in [0.1, 0.15) is 0 Å². The van der Waals surface area contributed by atoms with Gasteiger partial charge in [-0.25, -0.2) is 4.18 Å². The van der Waals surface area contributed by atoms with E-state index >= 15 is 0 Å². The highest BCUT2D eigenvalue weighted by atomic mass is 32.3. The zero-order valence-electron chi connectivity index (χ0n) is 8.41. The first-order chi connectivity index (χ1) is 5.83. The molecule has 0 aromatic heterocycles. The van der Waals surface area contributed by atoms with Crippen LogP contribution in [-0.2, 0) is 14.6 Å². The van der Waals surface area contributed by atoms with E-state index in [1.165, 1.54) is 0 Å². The van der Waals surface area contributed by atoms with Crippen LogP contribution in [0.3, 0.4) is 0 Å². The predicted molar refractivity (Wildman–Crippen MR) is 50.9 cm³/mol. The van der Waals surface area contributed by atoms with Gasteiger partial charge in [-0.1, -0.05) is 26.7 Å². The Balaban J connectivity index is 4.28. The van der Waals surface area contributed by atoms with Crippen LogP contribution in [-0.4, -0.2) is 18.6 Å². The maximum absolute atomic E-state index is 10.5. The highest BCUT2D eigenvalue weighted by Crippen LogP contribution is 2.24. The normalized spacial score (nSPS) is 16.9. The van der Waals surface area contributed by atoms with Gasteiger partial charge in [-0.05, 0) is 19.8 Å². The van der Waals surface area contributed by atoms with Crippen molar-refractivity contribution in [2.75, 3.05) is 0 Å². The van der Waals surface area contributed by atoms with Crippen molar-refractivity contribution in [1.29, 1.82) is 0 Å². The van der Waals surface area contributed by atoms with E-state index in [1.807, 2.05) is 13.8 Å². The Bertz CT molecular complexity index is 235. The second-order valence-electron chi connectivity index (χ2n) is 3.42. The van der Waals surface area contributed by atoms with E-state index in [0.29, 0.717) is 12.8 Å². The molecule has 1 atom stereocenters. The van der Waals surface area contributed by atoms with Gasteiger partial charge in [0, 0.05) is 0 Å². The van der Waals surface area contributed by atoms with Crippen LogP contribution in [0.1, 0.15) is 46.5 Å². The molecule has 1 N–H and O–H groups in total. The molecule has 0 spiro atoms. The first kappa shape index (κ1) is 12.9. The molecule has 0 heterocycles. The van der Waals surface area contributed by atoms with E-state index in [-0.39, 0.29) is 0 Å². The van der Waals surface area contributed by atoms with E-state index in [2.05, 4.69) is 4.18 Å². The SMILES string of the molecule is CCCCC(C)(CC)OS(=O)(=O)O. The quantitative estimate of drug-likeness (QED) is 0.682. The molecule has 0 saturated carbocycles. The lowest BCUT2D eigenvalue weighted by atomic mass is 9.97. The van der Waals surface area contributed by atoms with Crippen molar-refractivity contribution in [2.45, 2.75) is 52.1 Å². The van der Waals surface area contributed by atoms with E-state index in [1.54, 1.807) is 6.92 Å². The zero-order chi connectivity index (χ0) is 10.5. The van der Waals surface area contributed by atoms with Crippen molar-refractivity contribution < 1.29 is 17.2 Å². The minimum Gasteiger partial charge on any atom is -0.264 e. The molecule has 0 amide bonds. The summed E-state index contributed by atoms with van der Waals surface area (Å²) < 4.78 is 34.1. The predicted octanol–water partition coefficient (Wildman–Crippen LogP) is 2.16. The summed E-state index contributed by atoms with van der Waals surface area (Å²) in [6.45, 7) is 5.54. The summed E-state index contributed by atoms with van der Waals surface area (Å²) in [5, 5.41) is 0. The van der Waals surface area contributed by atoms with Gasteiger partial charge >= 0.3 is 10.4 Å². The Morgan fingerprint density at radius 2 is 1.92 bits per heavy atom. The molecular weight excluding hydrogens is 192 g/mol. The summed E-state index contributed by atoms with van der Waals surface area (Å²) in [4.78, 5) is 0. The maximum atomic E-state index is 10.5. The fourth-order valence-corrected chi connectivity index (χ4v) is 1.79. The molecule has 0 bridgehead atoms. The van der Waals surface area contributed by atoms with Crippen LogP contribution in [0.5, 0.6) is 0 Å². The lowest BCUT2D eigenvalue weighted by Crippen LogP contribution is -2.30. The van der Waals surface area contributed by atoms with Crippen LogP contribution in [0.2, 0.25) is 0 Å². The number of hydrogen-bond donors (Lipinski definition) is 1. The molecule has 4 nitrogen and oxygen atoms in total. The molecule has 0 aliphatic carbocycles. The Hall–Kier alpha value is -0.130. The monoisotopic (exact) mass is 210 g/mol. The van der Waals surface area contributed by atoms with Gasteiger partial charge < -0.3 is 0 Å². The van der Waals surface area contributed by atoms with Gasteiger partial charge in [0.25, 0.3) is 0 Å². The van der Waals surface area contributed by atoms with Gasteiger partial charge in [-0.2, -0.15) is 8.42 Å². The molecule has 0 fully saturated rings. The summed E-state index contributed by atoms with van der Waals surface area (Å²) in [5.41, 5.74) is -0.760. The molecule has 0 aromatic rings. The van der Waals surface area contributed by atoms with Crippen molar-refractivity contribution in [3.63, 3.8) is 0 Å². The summed E-state index contributed by atoms with van der Waals surface area (Å²) in [6.07, 6.45) is 3.07. The van der Waals surface area contributed by atoms with Gasteiger partial charge in [0.15, 0.2) is 0 Å². The van der Waals surface area contributed by atoms with Crippen LogP contribution in [0.25, 0.3) is 0 Å². The molecule has 80 valence electrons. The fraction of sp³-hybridized carbons (Fsp3) is 1.00. The van der Waals surface area contributed by atoms with E-state index in [9.17, 15) is 8.42 Å². The molecule has 1 unspecified atom stereocenters. The second kappa shape index (κ2) is 4.93. The van der Waals surface area contributed by atoms with Gasteiger partial charge in [0.2, 0.25) is 0 Å². The summed E-state index contributed by atoms with van der Waals surface area (Å²) in [5.74, 6) is 0. The first-order valence-electron chi connectivity index (χ1n) is 4.51. The molecule has 0 aliphatic rings. The minimum atomic E-state index is -4.32. The number of hydrogen-bond acceptors (Lipinski definition) is 3. The topological polar surface area (TPSA) is 63.6 Å². The molecule has 0 saturated heterocycles. The molecule has 0 rings (SSSR count). The Labute approximate surface area is 80.2 Å². The van der Waals surface area contributed by atoms with Gasteiger partial charge in [0.05, 0.1) is 5.60 Å². The largest absolute Gasteiger partial charge is 0.397 e. The standard InChI is InChI=1S/C8H18O4S/c1-4-6-7-8(3,5-2)12-13(9,10)11/h4-7H2,1-3H3,(H,9,10,11). The van der Waals surface area contributed by atoms with Crippen molar-refractivity contribution in [3.05, 3.63) is 0 Å². The Morgan fingerprint density at radius 3 is 2.23 bits per heavy atom. The third-order valence-corrected chi connectivity index (χ3v) is 2.73. The molecule has 5 heteroatoms. The number of unbranched alkanes of at least 4 members (excludes halogenated alkanes) is 1. The third kappa shape index (κ3) is 6.01. The van der Waals surface area contributed by atoms with Crippen LogP contribution in [0, 0.1) is 0 Å². The molecular formula is C8H18O4S. The van der Waals surface area contributed by atoms with Crippen LogP contribution in [0.4, 0.5) is 0 Å². The molecule has 0 radical (unpaired) electrons. The van der Waals surface area contributed by atoms with Gasteiger partial charge in [-0.15, -0.1) is 0 Å². The molecule has 13 heavy (non-hydrogen) atoms.